The van der Waals surface area contributed by atoms with Crippen LogP contribution < -0.4 is 5.73 Å². The van der Waals surface area contributed by atoms with Gasteiger partial charge in [-0.15, -0.1) is 11.3 Å². The van der Waals surface area contributed by atoms with Gasteiger partial charge in [-0.3, -0.25) is 0 Å². The van der Waals surface area contributed by atoms with Crippen LogP contribution >= 0.6 is 11.3 Å². The van der Waals surface area contributed by atoms with E-state index in [2.05, 4.69) is 25.3 Å². The average molecular weight is 243 g/mol. The van der Waals surface area contributed by atoms with E-state index in [-0.39, 0.29) is 6.10 Å². The van der Waals surface area contributed by atoms with Crippen molar-refractivity contribution in [1.29, 1.82) is 0 Å². The molecule has 0 aliphatic carbocycles. The summed E-state index contributed by atoms with van der Waals surface area (Å²) in [5, 5.41) is 2.07. The third-order valence-electron chi connectivity index (χ3n) is 2.30. The van der Waals surface area contributed by atoms with Crippen LogP contribution in [0.3, 0.4) is 0 Å². The van der Waals surface area contributed by atoms with Crippen molar-refractivity contribution < 1.29 is 9.47 Å². The number of hydrogen-bond donors (Lipinski definition) is 1. The molecule has 0 saturated heterocycles. The Hall–Kier alpha value is -0.420. The minimum Gasteiger partial charge on any atom is -0.379 e. The van der Waals surface area contributed by atoms with Crippen LogP contribution in [0, 0.1) is 6.92 Å². The maximum Gasteiger partial charge on any atom is 0.104 e. The summed E-state index contributed by atoms with van der Waals surface area (Å²) in [6.07, 6.45) is 1.06. The fourth-order valence-electron chi connectivity index (χ4n) is 1.46. The molecule has 1 rings (SSSR count). The van der Waals surface area contributed by atoms with E-state index in [4.69, 9.17) is 15.2 Å². The molecule has 0 aromatic carbocycles. The van der Waals surface area contributed by atoms with Gasteiger partial charge in [0, 0.05) is 18.0 Å². The smallest absolute Gasteiger partial charge is 0.104 e. The van der Waals surface area contributed by atoms with Crippen molar-refractivity contribution >= 4 is 11.3 Å². The minimum absolute atomic E-state index is 0.0187. The van der Waals surface area contributed by atoms with Crippen molar-refractivity contribution in [1.82, 2.24) is 0 Å². The van der Waals surface area contributed by atoms with E-state index in [1.165, 1.54) is 10.4 Å². The third kappa shape index (κ3) is 4.22. The highest BCUT2D eigenvalue weighted by Crippen LogP contribution is 2.25. The Kier molecular flexibility index (Phi) is 6.64. The molecule has 0 amide bonds. The topological polar surface area (TPSA) is 44.5 Å². The van der Waals surface area contributed by atoms with Crippen molar-refractivity contribution in [2.45, 2.75) is 26.4 Å². The van der Waals surface area contributed by atoms with Crippen molar-refractivity contribution in [2.24, 2.45) is 5.73 Å². The van der Waals surface area contributed by atoms with Gasteiger partial charge < -0.3 is 15.2 Å². The molecule has 16 heavy (non-hydrogen) atoms. The molecular formula is C12H21NO2S. The molecule has 0 bridgehead atoms. The molecule has 2 N–H and O–H groups in total. The summed E-state index contributed by atoms with van der Waals surface area (Å²) in [6.45, 7) is 6.77. The molecule has 0 spiro atoms. The molecule has 1 atom stereocenters. The lowest BCUT2D eigenvalue weighted by Crippen LogP contribution is -2.18. The monoisotopic (exact) mass is 243 g/mol. The number of rotatable bonds is 8. The second-order valence-corrected chi connectivity index (χ2v) is 4.62. The molecule has 92 valence electrons. The minimum atomic E-state index is 0.0187. The Morgan fingerprint density at radius 2 is 2.19 bits per heavy atom. The highest BCUT2D eigenvalue weighted by molar-refractivity contribution is 7.10. The van der Waals surface area contributed by atoms with Gasteiger partial charge in [-0.25, -0.2) is 0 Å². The fraction of sp³-hybridized carbons (Fsp3) is 0.667. The lowest BCUT2D eigenvalue weighted by atomic mass is 10.2. The van der Waals surface area contributed by atoms with Crippen LogP contribution in [-0.2, 0) is 9.47 Å². The van der Waals surface area contributed by atoms with Crippen LogP contribution in [0.4, 0.5) is 0 Å². The second kappa shape index (κ2) is 7.79. The summed E-state index contributed by atoms with van der Waals surface area (Å²) in [4.78, 5) is 1.23. The Morgan fingerprint density at radius 1 is 1.38 bits per heavy atom. The lowest BCUT2D eigenvalue weighted by molar-refractivity contribution is 0.00886. The zero-order chi connectivity index (χ0) is 11.8. The van der Waals surface area contributed by atoms with Gasteiger partial charge in [-0.2, -0.15) is 0 Å². The largest absolute Gasteiger partial charge is 0.379 e. The van der Waals surface area contributed by atoms with Crippen LogP contribution in [0.5, 0.6) is 0 Å². The van der Waals surface area contributed by atoms with E-state index >= 15 is 0 Å². The van der Waals surface area contributed by atoms with Gasteiger partial charge >= 0.3 is 0 Å². The Balaban J connectivity index is 2.30. The molecule has 1 aromatic heterocycles. The quantitative estimate of drug-likeness (QED) is 0.713. The number of ether oxygens (including phenoxy) is 2. The van der Waals surface area contributed by atoms with E-state index in [0.717, 1.165) is 13.0 Å². The standard InChI is InChI=1S/C12H21NO2S/c1-3-5-14-6-7-15-11(9-13)12-10(2)4-8-16-12/h4,8,11H,3,5-7,9,13H2,1-2H3. The number of hydrogen-bond acceptors (Lipinski definition) is 4. The Bertz CT molecular complexity index is 288. The third-order valence-corrected chi connectivity index (χ3v) is 3.41. The van der Waals surface area contributed by atoms with Crippen molar-refractivity contribution in [3.05, 3.63) is 21.9 Å². The Morgan fingerprint density at radius 3 is 2.75 bits per heavy atom. The second-order valence-electron chi connectivity index (χ2n) is 3.68. The highest BCUT2D eigenvalue weighted by atomic mass is 32.1. The number of thiophene rings is 1. The van der Waals surface area contributed by atoms with Crippen molar-refractivity contribution in [3.63, 3.8) is 0 Å². The summed E-state index contributed by atoms with van der Waals surface area (Å²) in [7, 11) is 0. The molecule has 1 heterocycles. The van der Waals surface area contributed by atoms with Crippen molar-refractivity contribution in [3.8, 4) is 0 Å². The fourth-order valence-corrected chi connectivity index (χ4v) is 2.45. The van der Waals surface area contributed by atoms with Crippen LogP contribution in [0.1, 0.15) is 29.9 Å². The molecule has 3 nitrogen and oxygen atoms in total. The van der Waals surface area contributed by atoms with Gasteiger partial charge in [0.05, 0.1) is 13.2 Å². The zero-order valence-electron chi connectivity index (χ0n) is 10.1. The molecule has 1 aromatic rings. The maximum absolute atomic E-state index is 5.72. The summed E-state index contributed by atoms with van der Waals surface area (Å²) >= 11 is 1.70. The first kappa shape index (κ1) is 13.6. The maximum atomic E-state index is 5.72. The summed E-state index contributed by atoms with van der Waals surface area (Å²) in [5.74, 6) is 0. The summed E-state index contributed by atoms with van der Waals surface area (Å²) in [6, 6.07) is 2.10. The zero-order valence-corrected chi connectivity index (χ0v) is 10.9. The van der Waals surface area contributed by atoms with Crippen LogP contribution in [-0.4, -0.2) is 26.4 Å². The normalized spacial score (nSPS) is 12.9. The molecule has 1 unspecified atom stereocenters. The average Bonchev–Trinajstić information content (AvgIpc) is 2.70. The first-order valence-electron chi connectivity index (χ1n) is 5.73. The summed E-state index contributed by atoms with van der Waals surface area (Å²) in [5.41, 5.74) is 6.97. The molecule has 4 heteroatoms. The lowest BCUT2D eigenvalue weighted by Gasteiger charge is -2.15. The highest BCUT2D eigenvalue weighted by Gasteiger charge is 2.13. The van der Waals surface area contributed by atoms with Gasteiger partial charge in [0.25, 0.3) is 0 Å². The predicted molar refractivity (Wildman–Crippen MR) is 67.9 cm³/mol. The van der Waals surface area contributed by atoms with E-state index in [1.54, 1.807) is 11.3 Å². The number of nitrogens with two attached hydrogens (primary N) is 1. The predicted octanol–water partition coefficient (Wildman–Crippen LogP) is 2.50. The van der Waals surface area contributed by atoms with Crippen molar-refractivity contribution in [2.75, 3.05) is 26.4 Å². The van der Waals surface area contributed by atoms with Gasteiger partial charge in [0.2, 0.25) is 0 Å². The Labute approximate surface area is 102 Å². The van der Waals surface area contributed by atoms with E-state index in [0.29, 0.717) is 19.8 Å². The molecule has 0 aliphatic rings. The van der Waals surface area contributed by atoms with E-state index in [9.17, 15) is 0 Å². The van der Waals surface area contributed by atoms with Crippen LogP contribution in [0.2, 0.25) is 0 Å². The van der Waals surface area contributed by atoms with Gasteiger partial charge in [-0.05, 0) is 30.4 Å². The van der Waals surface area contributed by atoms with Crippen LogP contribution in [0.15, 0.2) is 11.4 Å². The first-order chi connectivity index (χ1) is 7.79. The molecule has 0 saturated carbocycles. The molecule has 0 aliphatic heterocycles. The van der Waals surface area contributed by atoms with Gasteiger partial charge in [0.15, 0.2) is 0 Å². The van der Waals surface area contributed by atoms with Crippen LogP contribution in [0.25, 0.3) is 0 Å². The summed E-state index contributed by atoms with van der Waals surface area (Å²) < 4.78 is 11.1. The van der Waals surface area contributed by atoms with E-state index in [1.807, 2.05) is 0 Å². The molecule has 0 fully saturated rings. The number of aryl methyl sites for hydroxylation is 1. The SMILES string of the molecule is CCCOCCOC(CN)c1sccc1C. The first-order valence-corrected chi connectivity index (χ1v) is 6.61. The van der Waals surface area contributed by atoms with E-state index < -0.39 is 0 Å². The van der Waals surface area contributed by atoms with Gasteiger partial charge in [-0.1, -0.05) is 6.92 Å². The van der Waals surface area contributed by atoms with Gasteiger partial charge in [0.1, 0.15) is 6.10 Å². The molecule has 0 radical (unpaired) electrons. The molecular weight excluding hydrogens is 222 g/mol.